The summed E-state index contributed by atoms with van der Waals surface area (Å²) < 4.78 is 0.865. The maximum Gasteiger partial charge on any atom is 0.281 e. The van der Waals surface area contributed by atoms with Crippen LogP contribution in [0.3, 0.4) is 0 Å². The van der Waals surface area contributed by atoms with Crippen molar-refractivity contribution in [1.82, 2.24) is 15.4 Å². The number of H-pyrrole nitrogens is 1. The minimum atomic E-state index is -0.362. The first-order valence-corrected chi connectivity index (χ1v) is 4.65. The number of fused-ring (bicyclic) bond motifs is 1. The number of halogens is 1. The molecule has 2 aromatic rings. The van der Waals surface area contributed by atoms with Gasteiger partial charge in [0.25, 0.3) is 5.91 Å². The molecule has 0 spiro atoms. The van der Waals surface area contributed by atoms with Crippen LogP contribution in [0, 0.1) is 0 Å². The number of pyridine rings is 1. The Balaban J connectivity index is 2.56. The number of nitrogen functional groups attached to an aromatic ring is 1. The highest BCUT2D eigenvalue weighted by Gasteiger charge is 2.08. The number of nitrogens with one attached hydrogen (secondary N) is 2. The number of hydrazine groups is 1. The molecule has 0 saturated carbocycles. The van der Waals surface area contributed by atoms with E-state index in [-0.39, 0.29) is 5.91 Å². The van der Waals surface area contributed by atoms with Crippen LogP contribution < -0.4 is 11.3 Å². The number of amides is 1. The number of aromatic nitrogens is 2. The zero-order chi connectivity index (χ0) is 10.1. The van der Waals surface area contributed by atoms with Crippen LogP contribution in [0.1, 0.15) is 10.5 Å². The Morgan fingerprint density at radius 3 is 3.07 bits per heavy atom. The first-order chi connectivity index (χ1) is 6.70. The smallest absolute Gasteiger partial charge is 0.281 e. The number of aromatic amines is 1. The fourth-order valence-corrected chi connectivity index (χ4v) is 1.54. The van der Waals surface area contributed by atoms with Crippen LogP contribution >= 0.6 is 15.9 Å². The summed E-state index contributed by atoms with van der Waals surface area (Å²) in [5.41, 5.74) is 3.10. The van der Waals surface area contributed by atoms with Crippen molar-refractivity contribution < 1.29 is 4.79 Å². The molecule has 0 aliphatic rings. The predicted molar refractivity (Wildman–Crippen MR) is 55.4 cm³/mol. The first-order valence-electron chi connectivity index (χ1n) is 3.86. The monoisotopic (exact) mass is 254 g/mol. The largest absolute Gasteiger partial charge is 0.335 e. The third-order valence-electron chi connectivity index (χ3n) is 1.81. The number of nitrogens with two attached hydrogens (primary N) is 1. The molecule has 2 heterocycles. The van der Waals surface area contributed by atoms with Gasteiger partial charge in [-0.3, -0.25) is 10.2 Å². The van der Waals surface area contributed by atoms with Crippen LogP contribution in [0.4, 0.5) is 0 Å². The highest BCUT2D eigenvalue weighted by atomic mass is 79.9. The van der Waals surface area contributed by atoms with Gasteiger partial charge in [-0.1, -0.05) is 0 Å². The molecule has 0 fully saturated rings. The normalized spacial score (nSPS) is 10.4. The summed E-state index contributed by atoms with van der Waals surface area (Å²) in [5.74, 6) is 4.64. The second-order valence-electron chi connectivity index (χ2n) is 2.75. The summed E-state index contributed by atoms with van der Waals surface area (Å²) in [6, 6.07) is 3.56. The van der Waals surface area contributed by atoms with E-state index >= 15 is 0 Å². The van der Waals surface area contributed by atoms with E-state index in [0.717, 1.165) is 9.86 Å². The van der Waals surface area contributed by atoms with Crippen molar-refractivity contribution >= 4 is 32.9 Å². The van der Waals surface area contributed by atoms with Crippen LogP contribution in [0.25, 0.3) is 11.0 Å². The van der Waals surface area contributed by atoms with Crippen molar-refractivity contribution in [3.8, 4) is 0 Å². The number of nitrogens with zero attached hydrogens (tertiary/aromatic N) is 1. The Kier molecular flexibility index (Phi) is 2.22. The van der Waals surface area contributed by atoms with Crippen molar-refractivity contribution in [3.05, 3.63) is 28.5 Å². The maximum atomic E-state index is 11.2. The molecule has 0 saturated heterocycles. The summed E-state index contributed by atoms with van der Waals surface area (Å²) in [5, 5.41) is 0.859. The predicted octanol–water partition coefficient (Wildman–Crippen LogP) is 0.929. The number of hydrogen-bond donors (Lipinski definition) is 3. The summed E-state index contributed by atoms with van der Waals surface area (Å²) in [7, 11) is 0. The van der Waals surface area contributed by atoms with E-state index in [0.29, 0.717) is 11.3 Å². The molecule has 6 heteroatoms. The summed E-state index contributed by atoms with van der Waals surface area (Å²) in [6.45, 7) is 0. The van der Waals surface area contributed by atoms with Gasteiger partial charge in [0.15, 0.2) is 0 Å². The van der Waals surface area contributed by atoms with Crippen LogP contribution in [-0.4, -0.2) is 15.9 Å². The highest BCUT2D eigenvalue weighted by molar-refractivity contribution is 9.10. The van der Waals surface area contributed by atoms with Gasteiger partial charge in [-0.15, -0.1) is 0 Å². The highest BCUT2D eigenvalue weighted by Crippen LogP contribution is 2.17. The SMILES string of the molecule is NNC(=O)c1cc2cc(Br)cnc2[nH]1. The van der Waals surface area contributed by atoms with Crippen molar-refractivity contribution in [3.63, 3.8) is 0 Å². The molecule has 0 atom stereocenters. The first kappa shape index (κ1) is 9.17. The van der Waals surface area contributed by atoms with Gasteiger partial charge < -0.3 is 4.98 Å². The molecule has 0 aliphatic heterocycles. The van der Waals surface area contributed by atoms with Crippen molar-refractivity contribution in [2.24, 2.45) is 5.84 Å². The molecule has 1 amide bonds. The molecule has 0 aliphatic carbocycles. The minimum absolute atomic E-state index is 0.362. The maximum absolute atomic E-state index is 11.2. The van der Waals surface area contributed by atoms with E-state index in [1.165, 1.54) is 0 Å². The van der Waals surface area contributed by atoms with Crippen LogP contribution in [0.5, 0.6) is 0 Å². The van der Waals surface area contributed by atoms with Crippen molar-refractivity contribution in [2.45, 2.75) is 0 Å². The van der Waals surface area contributed by atoms with E-state index in [1.54, 1.807) is 12.3 Å². The van der Waals surface area contributed by atoms with Gasteiger partial charge in [0.1, 0.15) is 11.3 Å². The summed E-state index contributed by atoms with van der Waals surface area (Å²) in [4.78, 5) is 18.1. The number of carbonyl (C=O) groups excluding carboxylic acids is 1. The number of hydrogen-bond acceptors (Lipinski definition) is 3. The Labute approximate surface area is 87.8 Å². The van der Waals surface area contributed by atoms with Gasteiger partial charge in [0, 0.05) is 16.1 Å². The van der Waals surface area contributed by atoms with E-state index in [2.05, 4.69) is 25.9 Å². The fourth-order valence-electron chi connectivity index (χ4n) is 1.19. The molecule has 0 bridgehead atoms. The Bertz CT molecular complexity index is 493. The van der Waals surface area contributed by atoms with E-state index in [1.807, 2.05) is 11.5 Å². The molecule has 14 heavy (non-hydrogen) atoms. The Morgan fingerprint density at radius 2 is 2.36 bits per heavy atom. The lowest BCUT2D eigenvalue weighted by atomic mass is 10.3. The van der Waals surface area contributed by atoms with Crippen molar-refractivity contribution in [1.29, 1.82) is 0 Å². The van der Waals surface area contributed by atoms with Gasteiger partial charge in [-0.2, -0.15) is 0 Å². The zero-order valence-corrected chi connectivity index (χ0v) is 8.63. The summed E-state index contributed by atoms with van der Waals surface area (Å²) >= 11 is 3.29. The topological polar surface area (TPSA) is 83.8 Å². The lowest BCUT2D eigenvalue weighted by Gasteiger charge is -1.92. The zero-order valence-electron chi connectivity index (χ0n) is 7.04. The summed E-state index contributed by atoms with van der Waals surface area (Å²) in [6.07, 6.45) is 1.66. The average Bonchev–Trinajstić information content (AvgIpc) is 2.59. The molecule has 72 valence electrons. The standard InChI is InChI=1S/C8H7BrN4O/c9-5-1-4-2-6(8(14)13-10)12-7(4)11-3-5/h1-3H,10H2,(H,11,12)(H,13,14). The second kappa shape index (κ2) is 3.39. The van der Waals surface area contributed by atoms with Gasteiger partial charge in [0.05, 0.1) is 0 Å². The molecule has 0 aromatic carbocycles. The van der Waals surface area contributed by atoms with E-state index in [4.69, 9.17) is 5.84 Å². The lowest BCUT2D eigenvalue weighted by Crippen LogP contribution is -2.30. The molecule has 0 unspecified atom stereocenters. The minimum Gasteiger partial charge on any atom is -0.335 e. The van der Waals surface area contributed by atoms with Crippen LogP contribution in [0.2, 0.25) is 0 Å². The van der Waals surface area contributed by atoms with E-state index < -0.39 is 0 Å². The Hall–Kier alpha value is -1.40. The second-order valence-corrected chi connectivity index (χ2v) is 3.66. The van der Waals surface area contributed by atoms with Crippen LogP contribution in [0.15, 0.2) is 22.8 Å². The molecular weight excluding hydrogens is 248 g/mol. The molecule has 5 nitrogen and oxygen atoms in total. The number of rotatable bonds is 1. The quantitative estimate of drug-likeness (QED) is 0.402. The molecular formula is C8H7BrN4O. The number of carbonyl (C=O) groups is 1. The van der Waals surface area contributed by atoms with Crippen LogP contribution in [-0.2, 0) is 0 Å². The molecule has 2 rings (SSSR count). The molecule has 0 radical (unpaired) electrons. The fraction of sp³-hybridized carbons (Fsp3) is 0. The third kappa shape index (κ3) is 1.49. The average molecular weight is 255 g/mol. The third-order valence-corrected chi connectivity index (χ3v) is 2.25. The lowest BCUT2D eigenvalue weighted by molar-refractivity contribution is 0.0949. The van der Waals surface area contributed by atoms with Gasteiger partial charge in [-0.25, -0.2) is 10.8 Å². The Morgan fingerprint density at radius 1 is 1.57 bits per heavy atom. The molecule has 4 N–H and O–H groups in total. The van der Waals surface area contributed by atoms with Crippen molar-refractivity contribution in [2.75, 3.05) is 0 Å². The van der Waals surface area contributed by atoms with Gasteiger partial charge in [0.2, 0.25) is 0 Å². The van der Waals surface area contributed by atoms with Gasteiger partial charge >= 0.3 is 0 Å². The van der Waals surface area contributed by atoms with Gasteiger partial charge in [-0.05, 0) is 28.1 Å². The molecule has 2 aromatic heterocycles. The van der Waals surface area contributed by atoms with E-state index in [9.17, 15) is 4.79 Å².